The number of hydrogen-bond acceptors (Lipinski definition) is 8. The van der Waals surface area contributed by atoms with Crippen LogP contribution in [0.3, 0.4) is 0 Å². The number of thioether (sulfide) groups is 1. The third-order valence-corrected chi connectivity index (χ3v) is 10.0. The number of fused-ring (bicyclic) bond motifs is 2. The highest BCUT2D eigenvalue weighted by atomic mass is 32.2. The normalized spacial score (nSPS) is 27.1. The second kappa shape index (κ2) is 11.5. The van der Waals surface area contributed by atoms with E-state index in [0.29, 0.717) is 25.8 Å². The van der Waals surface area contributed by atoms with Gasteiger partial charge in [0, 0.05) is 24.9 Å². The average molecular weight is 554 g/mol. The first kappa shape index (κ1) is 27.4. The molecule has 1 N–H and O–H groups in total. The summed E-state index contributed by atoms with van der Waals surface area (Å²) < 4.78 is 6.41. The molecule has 3 aliphatic heterocycles. The van der Waals surface area contributed by atoms with Gasteiger partial charge in [-0.1, -0.05) is 36.1 Å². The van der Waals surface area contributed by atoms with Crippen LogP contribution in [0.5, 0.6) is 0 Å². The molecule has 5 atom stereocenters. The van der Waals surface area contributed by atoms with Gasteiger partial charge in [-0.2, -0.15) is 0 Å². The molecule has 2 amide bonds. The Labute approximate surface area is 232 Å². The maximum atomic E-state index is 14.5. The summed E-state index contributed by atoms with van der Waals surface area (Å²) in [6, 6.07) is 6.84. The predicted molar refractivity (Wildman–Crippen MR) is 147 cm³/mol. The Morgan fingerprint density at radius 2 is 2.05 bits per heavy atom. The van der Waals surface area contributed by atoms with Crippen LogP contribution in [0.2, 0.25) is 0 Å². The van der Waals surface area contributed by atoms with Crippen LogP contribution in [-0.2, 0) is 25.8 Å². The molecule has 1 spiro atoms. The average Bonchev–Trinajstić information content (AvgIpc) is 3.69. The van der Waals surface area contributed by atoms with Crippen LogP contribution in [0.4, 0.5) is 0 Å². The maximum Gasteiger partial charge on any atom is 0.311 e. The number of carbonyl (C=O) groups excluding carboxylic acids is 3. The molecule has 2 bridgehead atoms. The van der Waals surface area contributed by atoms with Crippen molar-refractivity contribution in [1.29, 1.82) is 0 Å². The quantitative estimate of drug-likeness (QED) is 0.228. The summed E-state index contributed by atoms with van der Waals surface area (Å²) in [6.45, 7) is 8.48. The molecule has 2 aromatic rings. The Bertz CT molecular complexity index is 1270. The number of hydrogen-bond donors (Lipinski definition) is 1. The first-order valence-corrected chi connectivity index (χ1v) is 14.4. The summed E-state index contributed by atoms with van der Waals surface area (Å²) in [4.78, 5) is 45.0. The van der Waals surface area contributed by atoms with Gasteiger partial charge in [0.15, 0.2) is 0 Å². The number of unbranched alkanes of at least 4 members (excludes halogenated alkanes) is 2. The van der Waals surface area contributed by atoms with Crippen LogP contribution < -0.4 is 0 Å². The molecular formula is C28H35N5O5S. The largest absolute Gasteiger partial charge is 0.461 e. The molecule has 4 heterocycles. The lowest BCUT2D eigenvalue weighted by molar-refractivity contribution is -0.153. The van der Waals surface area contributed by atoms with Crippen molar-refractivity contribution in [2.45, 2.75) is 54.8 Å². The van der Waals surface area contributed by atoms with Crippen LogP contribution in [-0.4, -0.2) is 90.0 Å². The van der Waals surface area contributed by atoms with Gasteiger partial charge >= 0.3 is 5.97 Å². The van der Waals surface area contributed by atoms with E-state index in [-0.39, 0.29) is 43.5 Å². The molecule has 3 aliphatic rings. The monoisotopic (exact) mass is 553 g/mol. The molecule has 208 valence electrons. The van der Waals surface area contributed by atoms with Gasteiger partial charge in [0.25, 0.3) is 0 Å². The zero-order valence-electron chi connectivity index (χ0n) is 22.0. The topological polar surface area (TPSA) is 118 Å². The number of likely N-dealkylation sites (tertiary alicyclic amines) is 1. The highest BCUT2D eigenvalue weighted by Crippen LogP contribution is 2.66. The van der Waals surface area contributed by atoms with Gasteiger partial charge in [0.05, 0.1) is 22.1 Å². The zero-order valence-corrected chi connectivity index (χ0v) is 22.8. The number of amides is 2. The first-order valence-electron chi connectivity index (χ1n) is 13.5. The molecule has 10 nitrogen and oxygen atoms in total. The molecule has 1 aromatic heterocycles. The number of esters is 1. The Hall–Kier alpha value is -3.18. The van der Waals surface area contributed by atoms with Gasteiger partial charge in [-0.15, -0.1) is 23.4 Å². The number of aliphatic hydroxyl groups is 1. The molecule has 2 unspecified atom stereocenters. The Balaban J connectivity index is 1.48. The summed E-state index contributed by atoms with van der Waals surface area (Å²) in [5.41, 5.74) is 1.54. The summed E-state index contributed by atoms with van der Waals surface area (Å²) in [7, 11) is 0. The van der Waals surface area contributed by atoms with Crippen molar-refractivity contribution in [3.63, 3.8) is 0 Å². The van der Waals surface area contributed by atoms with Crippen LogP contribution in [0.1, 0.15) is 32.1 Å². The van der Waals surface area contributed by atoms with Crippen LogP contribution in [0.25, 0.3) is 11.0 Å². The number of carbonyl (C=O) groups is 3. The lowest BCUT2D eigenvalue weighted by Gasteiger charge is -2.37. The number of para-hydroxylation sites is 1. The van der Waals surface area contributed by atoms with E-state index >= 15 is 0 Å². The molecule has 0 aliphatic carbocycles. The molecule has 39 heavy (non-hydrogen) atoms. The van der Waals surface area contributed by atoms with Crippen molar-refractivity contribution in [3.8, 4) is 0 Å². The number of aromatic nitrogens is 3. The molecule has 11 heteroatoms. The van der Waals surface area contributed by atoms with Gasteiger partial charge < -0.3 is 19.6 Å². The van der Waals surface area contributed by atoms with Crippen LogP contribution in [0, 0.1) is 11.8 Å². The van der Waals surface area contributed by atoms with E-state index < -0.39 is 28.6 Å². The van der Waals surface area contributed by atoms with Crippen molar-refractivity contribution < 1.29 is 24.2 Å². The number of nitrogens with zero attached hydrogens (tertiary/aromatic N) is 5. The zero-order chi connectivity index (χ0) is 27.6. The van der Waals surface area contributed by atoms with Crippen LogP contribution in [0.15, 0.2) is 49.6 Å². The second-order valence-electron chi connectivity index (χ2n) is 10.4. The molecule has 0 saturated carbocycles. The van der Waals surface area contributed by atoms with Gasteiger partial charge in [-0.3, -0.25) is 14.4 Å². The van der Waals surface area contributed by atoms with Gasteiger partial charge in [-0.05, 0) is 44.2 Å². The van der Waals surface area contributed by atoms with Crippen molar-refractivity contribution >= 4 is 40.6 Å². The van der Waals surface area contributed by atoms with Gasteiger partial charge in [0.1, 0.15) is 24.8 Å². The fraction of sp³-hybridized carbons (Fsp3) is 0.536. The minimum absolute atomic E-state index is 0.0600. The molecule has 3 saturated heterocycles. The van der Waals surface area contributed by atoms with Crippen molar-refractivity contribution in [2.24, 2.45) is 11.8 Å². The second-order valence-corrected chi connectivity index (χ2v) is 12.0. The van der Waals surface area contributed by atoms with E-state index in [1.54, 1.807) is 32.3 Å². The van der Waals surface area contributed by atoms with E-state index in [4.69, 9.17) is 4.74 Å². The van der Waals surface area contributed by atoms with Crippen molar-refractivity contribution in [1.82, 2.24) is 24.8 Å². The summed E-state index contributed by atoms with van der Waals surface area (Å²) in [5.74, 6) is -1.92. The highest BCUT2D eigenvalue weighted by Gasteiger charge is 2.74. The van der Waals surface area contributed by atoms with E-state index in [2.05, 4.69) is 23.5 Å². The first-order chi connectivity index (χ1) is 19.0. The summed E-state index contributed by atoms with van der Waals surface area (Å²) in [6.07, 6.45) is 6.65. The standard InChI is InChI=1S/C28H35N5O5S/c1-3-14-31(18-33-20-11-7-6-10-19(20)29-30-33)26(36)24-28-13-12-21(39-28)22(27(37)38-17-4-2)23(28)25(35)32(24)15-8-5-9-16-34/h3-4,6-7,10-11,21-24,34H,1-2,5,8-9,12-18H2/t21-,22+,23-,24?,28?/m0/s1. The van der Waals surface area contributed by atoms with Crippen LogP contribution >= 0.6 is 11.8 Å². The molecule has 0 radical (unpaired) electrons. The molecule has 1 aromatic carbocycles. The maximum absolute atomic E-state index is 14.5. The number of ether oxygens (including phenoxy) is 1. The van der Waals surface area contributed by atoms with E-state index in [1.807, 2.05) is 24.3 Å². The fourth-order valence-corrected chi connectivity index (χ4v) is 8.68. The lowest BCUT2D eigenvalue weighted by atomic mass is 9.71. The van der Waals surface area contributed by atoms with Gasteiger partial charge in [-0.25, -0.2) is 4.68 Å². The molecule has 5 rings (SSSR count). The van der Waals surface area contributed by atoms with E-state index in [0.717, 1.165) is 23.9 Å². The SMILES string of the molecule is C=CCOC(=O)[C@@H]1[C@@H]2CCC3(S2)C(C(=O)N(CC=C)Cn2nnc4ccccc42)N(CCCCCO)C(=O)[C@H]13. The third kappa shape index (κ3) is 4.75. The lowest BCUT2D eigenvalue weighted by Crippen LogP contribution is -2.55. The third-order valence-electron chi connectivity index (χ3n) is 8.09. The minimum atomic E-state index is -0.717. The Morgan fingerprint density at radius 1 is 1.23 bits per heavy atom. The Morgan fingerprint density at radius 3 is 2.82 bits per heavy atom. The van der Waals surface area contributed by atoms with Gasteiger partial charge in [0.2, 0.25) is 11.8 Å². The molecule has 3 fully saturated rings. The summed E-state index contributed by atoms with van der Waals surface area (Å²) in [5, 5.41) is 17.7. The smallest absolute Gasteiger partial charge is 0.311 e. The Kier molecular flexibility index (Phi) is 8.08. The number of rotatable bonds is 13. The highest BCUT2D eigenvalue weighted by molar-refractivity contribution is 8.02. The fourth-order valence-electron chi connectivity index (χ4n) is 6.48. The van der Waals surface area contributed by atoms with Crippen molar-refractivity contribution in [2.75, 3.05) is 26.3 Å². The summed E-state index contributed by atoms with van der Waals surface area (Å²) >= 11 is 1.62. The molecular weight excluding hydrogens is 518 g/mol. The minimum Gasteiger partial charge on any atom is -0.461 e. The van der Waals surface area contributed by atoms with E-state index in [9.17, 15) is 19.5 Å². The van der Waals surface area contributed by atoms with E-state index in [1.165, 1.54) is 6.08 Å². The predicted octanol–water partition coefficient (Wildman–Crippen LogP) is 2.39. The number of aliphatic hydroxyl groups excluding tert-OH is 1. The number of benzene rings is 1. The van der Waals surface area contributed by atoms with Crippen molar-refractivity contribution in [3.05, 3.63) is 49.6 Å².